The third kappa shape index (κ3) is 4.81. The monoisotopic (exact) mass is 264 g/mol. The maximum atomic E-state index is 2.44. The van der Waals surface area contributed by atoms with Gasteiger partial charge >= 0.3 is 0 Å². The van der Waals surface area contributed by atoms with Crippen molar-refractivity contribution < 1.29 is 0 Å². The molecule has 1 aromatic carbocycles. The Morgan fingerprint density at radius 3 is 2.53 bits per heavy atom. The average molecular weight is 264 g/mol. The van der Waals surface area contributed by atoms with Crippen molar-refractivity contribution in [3.05, 3.63) is 42.0 Å². The molecule has 0 spiro atoms. The van der Waals surface area contributed by atoms with Crippen LogP contribution in [0.2, 0.25) is 0 Å². The van der Waals surface area contributed by atoms with Crippen LogP contribution in [-0.2, 0) is 0 Å². The van der Waals surface area contributed by atoms with E-state index in [0.29, 0.717) is 0 Å². The predicted octanol–water partition coefficient (Wildman–Crippen LogP) is 5.07. The van der Waals surface area contributed by atoms with Gasteiger partial charge in [-0.3, -0.25) is 0 Å². The lowest BCUT2D eigenvalue weighted by atomic mass is 10.1. The van der Waals surface area contributed by atoms with Crippen LogP contribution in [-0.4, -0.2) is 17.3 Å². The summed E-state index contributed by atoms with van der Waals surface area (Å²) in [6, 6.07) is 10.8. The minimum Gasteiger partial charge on any atom is -0.162 e. The Balaban J connectivity index is 2.03. The zero-order valence-corrected chi connectivity index (χ0v) is 11.9. The van der Waals surface area contributed by atoms with Gasteiger partial charge in [-0.15, -0.1) is 11.8 Å². The van der Waals surface area contributed by atoms with E-state index in [9.17, 15) is 0 Å². The molecule has 1 aliphatic heterocycles. The third-order valence-electron chi connectivity index (χ3n) is 2.82. The van der Waals surface area contributed by atoms with E-state index in [1.807, 2.05) is 11.8 Å². The van der Waals surface area contributed by atoms with E-state index < -0.39 is 0 Å². The van der Waals surface area contributed by atoms with Gasteiger partial charge in [0.1, 0.15) is 0 Å². The summed E-state index contributed by atoms with van der Waals surface area (Å²) in [6.45, 7) is 0. The van der Waals surface area contributed by atoms with Crippen molar-refractivity contribution in [3.8, 4) is 0 Å². The van der Waals surface area contributed by atoms with Gasteiger partial charge in [0.2, 0.25) is 0 Å². The minimum absolute atomic E-state index is 1.23. The highest BCUT2D eigenvalue weighted by Gasteiger charge is 2.03. The Hall–Kier alpha value is -0.340. The first-order valence-corrected chi connectivity index (χ1v) is 8.57. The van der Waals surface area contributed by atoms with E-state index in [0.717, 1.165) is 0 Å². The largest absolute Gasteiger partial charge is 0.162 e. The van der Waals surface area contributed by atoms with Gasteiger partial charge in [0, 0.05) is 4.91 Å². The van der Waals surface area contributed by atoms with Crippen molar-refractivity contribution in [3.63, 3.8) is 0 Å². The van der Waals surface area contributed by atoms with Crippen LogP contribution in [0.15, 0.2) is 36.4 Å². The van der Waals surface area contributed by atoms with Crippen molar-refractivity contribution in [2.24, 2.45) is 0 Å². The topological polar surface area (TPSA) is 0 Å². The first kappa shape index (κ1) is 13.1. The summed E-state index contributed by atoms with van der Waals surface area (Å²) < 4.78 is 0. The van der Waals surface area contributed by atoms with Gasteiger partial charge < -0.3 is 0 Å². The van der Waals surface area contributed by atoms with Crippen LogP contribution in [0, 0.1) is 0 Å². The maximum Gasteiger partial charge on any atom is 0.0104 e. The standard InChI is InChI=1S/C15H20S2/c1-3-8-14(9-4-1)15-10-5-2-6-11-16-12-7-13-17-15/h1,3-4,8-10H,2,5-7,11-13H2/b15-10-. The van der Waals surface area contributed by atoms with Crippen molar-refractivity contribution in [1.82, 2.24) is 0 Å². The summed E-state index contributed by atoms with van der Waals surface area (Å²) in [7, 11) is 0. The van der Waals surface area contributed by atoms with E-state index in [1.165, 1.54) is 53.4 Å². The molecule has 92 valence electrons. The molecule has 0 N–H and O–H groups in total. The summed E-state index contributed by atoms with van der Waals surface area (Å²) in [5, 5.41) is 0. The molecule has 0 aliphatic carbocycles. The van der Waals surface area contributed by atoms with Crippen molar-refractivity contribution >= 4 is 28.4 Å². The van der Waals surface area contributed by atoms with E-state index in [1.54, 1.807) is 0 Å². The highest BCUT2D eigenvalue weighted by molar-refractivity contribution is 8.08. The van der Waals surface area contributed by atoms with Gasteiger partial charge in [-0.1, -0.05) is 36.4 Å². The van der Waals surface area contributed by atoms with E-state index in [4.69, 9.17) is 0 Å². The van der Waals surface area contributed by atoms with Crippen LogP contribution in [0.25, 0.3) is 4.91 Å². The summed E-state index contributed by atoms with van der Waals surface area (Å²) in [4.78, 5) is 1.48. The Morgan fingerprint density at radius 2 is 1.65 bits per heavy atom. The molecule has 2 rings (SSSR count). The molecule has 0 radical (unpaired) electrons. The Labute approximate surface area is 113 Å². The van der Waals surface area contributed by atoms with Gasteiger partial charge in [0.25, 0.3) is 0 Å². The third-order valence-corrected chi connectivity index (χ3v) is 5.18. The number of hydrogen-bond acceptors (Lipinski definition) is 2. The summed E-state index contributed by atoms with van der Waals surface area (Å²) in [5.41, 5.74) is 1.39. The Kier molecular flexibility index (Phi) is 6.08. The second-order valence-corrected chi connectivity index (χ2v) is 6.61. The molecule has 1 aliphatic rings. The fraction of sp³-hybridized carbons (Fsp3) is 0.467. The van der Waals surface area contributed by atoms with E-state index in [2.05, 4.69) is 48.2 Å². The van der Waals surface area contributed by atoms with Crippen LogP contribution in [0.4, 0.5) is 0 Å². The lowest BCUT2D eigenvalue weighted by Crippen LogP contribution is -1.86. The SMILES string of the molecule is C1=C(/c2ccccc2)SCCCSCCCC/1. The average Bonchev–Trinajstić information content (AvgIpc) is 2.45. The summed E-state index contributed by atoms with van der Waals surface area (Å²) >= 11 is 4.15. The lowest BCUT2D eigenvalue weighted by molar-refractivity contribution is 0.824. The minimum atomic E-state index is 1.23. The van der Waals surface area contributed by atoms with Gasteiger partial charge in [0.15, 0.2) is 0 Å². The second-order valence-electron chi connectivity index (χ2n) is 4.24. The number of rotatable bonds is 1. The second kappa shape index (κ2) is 7.88. The van der Waals surface area contributed by atoms with Crippen LogP contribution in [0.3, 0.4) is 0 Å². The molecule has 17 heavy (non-hydrogen) atoms. The molecule has 0 bridgehead atoms. The Bertz CT molecular complexity index is 343. The molecule has 0 aromatic heterocycles. The number of thioether (sulfide) groups is 2. The lowest BCUT2D eigenvalue weighted by Gasteiger charge is -2.07. The molecule has 1 heterocycles. The zero-order valence-electron chi connectivity index (χ0n) is 10.2. The fourth-order valence-corrected chi connectivity index (χ4v) is 4.08. The fourth-order valence-electron chi connectivity index (χ4n) is 1.89. The molecule has 0 unspecified atom stereocenters. The van der Waals surface area contributed by atoms with Crippen LogP contribution in [0.5, 0.6) is 0 Å². The molecular formula is C15H20S2. The van der Waals surface area contributed by atoms with Crippen LogP contribution >= 0.6 is 23.5 Å². The van der Waals surface area contributed by atoms with Crippen molar-refractivity contribution in [2.75, 3.05) is 17.3 Å². The predicted molar refractivity (Wildman–Crippen MR) is 82.7 cm³/mol. The van der Waals surface area contributed by atoms with Crippen LogP contribution in [0.1, 0.15) is 31.2 Å². The van der Waals surface area contributed by atoms with Gasteiger partial charge in [0.05, 0.1) is 0 Å². The number of allylic oxidation sites excluding steroid dienone is 1. The zero-order chi connectivity index (χ0) is 11.8. The molecule has 0 saturated carbocycles. The van der Waals surface area contributed by atoms with Gasteiger partial charge in [-0.2, -0.15) is 11.8 Å². The highest BCUT2D eigenvalue weighted by Crippen LogP contribution is 2.29. The first-order chi connectivity index (χ1) is 8.47. The molecule has 0 amide bonds. The maximum absolute atomic E-state index is 2.44. The Morgan fingerprint density at radius 1 is 0.824 bits per heavy atom. The molecule has 0 saturated heterocycles. The molecule has 0 nitrogen and oxygen atoms in total. The molecule has 2 heteroatoms. The summed E-state index contributed by atoms with van der Waals surface area (Å²) in [5.74, 6) is 3.93. The van der Waals surface area contributed by atoms with Gasteiger partial charge in [-0.25, -0.2) is 0 Å². The van der Waals surface area contributed by atoms with Gasteiger partial charge in [-0.05, 0) is 48.5 Å². The quantitative estimate of drug-likeness (QED) is 0.694. The van der Waals surface area contributed by atoms with Crippen molar-refractivity contribution in [1.29, 1.82) is 0 Å². The molecule has 0 fully saturated rings. The number of benzene rings is 1. The van der Waals surface area contributed by atoms with E-state index in [-0.39, 0.29) is 0 Å². The highest BCUT2D eigenvalue weighted by atomic mass is 32.2. The smallest absolute Gasteiger partial charge is 0.0104 e. The normalized spacial score (nSPS) is 22.2. The molecule has 0 atom stereocenters. The van der Waals surface area contributed by atoms with Crippen molar-refractivity contribution in [2.45, 2.75) is 25.7 Å². The molecule has 1 aromatic rings. The first-order valence-electron chi connectivity index (χ1n) is 6.43. The van der Waals surface area contributed by atoms with Crippen LogP contribution < -0.4 is 0 Å². The molecular weight excluding hydrogens is 244 g/mol. The number of hydrogen-bond donors (Lipinski definition) is 0. The van der Waals surface area contributed by atoms with E-state index >= 15 is 0 Å². The summed E-state index contributed by atoms with van der Waals surface area (Å²) in [6.07, 6.45) is 7.71.